The van der Waals surface area contributed by atoms with Crippen molar-refractivity contribution in [1.29, 1.82) is 0 Å². The Morgan fingerprint density at radius 2 is 2.11 bits per heavy atom. The third-order valence-corrected chi connectivity index (χ3v) is 2.17. The molecule has 3 N–H and O–H groups in total. The first-order valence-electron chi connectivity index (χ1n) is 4.78. The predicted octanol–water partition coefficient (Wildman–Crippen LogP) is 1.17. The minimum Gasteiger partial charge on any atom is -0.478 e. The van der Waals surface area contributed by atoms with Crippen molar-refractivity contribution in [2.45, 2.75) is 6.54 Å². The summed E-state index contributed by atoms with van der Waals surface area (Å²) in [6.07, 6.45) is 0. The van der Waals surface area contributed by atoms with Crippen molar-refractivity contribution in [3.8, 4) is 11.4 Å². The molecular weight excluding hydrogens is 248 g/mol. The molecule has 1 heterocycles. The Kier molecular flexibility index (Phi) is 3.02. The van der Waals surface area contributed by atoms with Crippen LogP contribution in [0, 0.1) is 11.6 Å². The van der Waals surface area contributed by atoms with E-state index in [1.165, 1.54) is 0 Å². The molecular formula is C10H7F2N3O3. The van der Waals surface area contributed by atoms with Crippen LogP contribution in [0.5, 0.6) is 0 Å². The van der Waals surface area contributed by atoms with E-state index in [-0.39, 0.29) is 23.8 Å². The van der Waals surface area contributed by atoms with Gasteiger partial charge < -0.3 is 15.4 Å². The summed E-state index contributed by atoms with van der Waals surface area (Å²) in [6, 6.07) is 1.26. The van der Waals surface area contributed by atoms with E-state index in [9.17, 15) is 13.6 Å². The molecule has 0 radical (unpaired) electrons. The van der Waals surface area contributed by atoms with Gasteiger partial charge in [0, 0.05) is 6.07 Å². The highest BCUT2D eigenvalue weighted by atomic mass is 19.1. The second-order valence-electron chi connectivity index (χ2n) is 3.33. The first-order valence-corrected chi connectivity index (χ1v) is 4.78. The lowest BCUT2D eigenvalue weighted by Gasteiger charge is -2.01. The highest BCUT2D eigenvalue weighted by Crippen LogP contribution is 2.23. The molecule has 2 aromatic rings. The second kappa shape index (κ2) is 4.49. The summed E-state index contributed by atoms with van der Waals surface area (Å²) in [7, 11) is 0. The number of rotatable bonds is 3. The maximum Gasteiger partial charge on any atom is 0.338 e. The number of nitrogens with zero attached hydrogens (tertiary/aromatic N) is 2. The number of carboxylic acids is 1. The van der Waals surface area contributed by atoms with Crippen molar-refractivity contribution in [3.63, 3.8) is 0 Å². The summed E-state index contributed by atoms with van der Waals surface area (Å²) in [5.41, 5.74) is 4.30. The number of halogens is 2. The molecule has 0 saturated heterocycles. The second-order valence-corrected chi connectivity index (χ2v) is 3.33. The van der Waals surface area contributed by atoms with Crippen LogP contribution in [-0.4, -0.2) is 21.2 Å². The zero-order valence-corrected chi connectivity index (χ0v) is 8.85. The third kappa shape index (κ3) is 2.05. The molecule has 0 atom stereocenters. The van der Waals surface area contributed by atoms with E-state index in [4.69, 9.17) is 10.8 Å². The summed E-state index contributed by atoms with van der Waals surface area (Å²) in [5.74, 6) is -3.80. The van der Waals surface area contributed by atoms with Crippen molar-refractivity contribution in [2.24, 2.45) is 5.73 Å². The molecule has 0 unspecified atom stereocenters. The number of aromatic nitrogens is 2. The average molecular weight is 255 g/mol. The van der Waals surface area contributed by atoms with E-state index >= 15 is 0 Å². The van der Waals surface area contributed by atoms with Crippen LogP contribution in [-0.2, 0) is 6.54 Å². The van der Waals surface area contributed by atoms with Crippen LogP contribution >= 0.6 is 0 Å². The number of aromatic carboxylic acids is 1. The van der Waals surface area contributed by atoms with Crippen molar-refractivity contribution >= 4 is 5.97 Å². The maximum absolute atomic E-state index is 13.5. The van der Waals surface area contributed by atoms with Crippen LogP contribution in [0.15, 0.2) is 16.7 Å². The Morgan fingerprint density at radius 1 is 1.39 bits per heavy atom. The molecule has 0 aliphatic heterocycles. The van der Waals surface area contributed by atoms with E-state index in [0.717, 1.165) is 6.07 Å². The van der Waals surface area contributed by atoms with Gasteiger partial charge in [-0.25, -0.2) is 13.6 Å². The van der Waals surface area contributed by atoms with Crippen LogP contribution in [0.3, 0.4) is 0 Å². The van der Waals surface area contributed by atoms with E-state index in [2.05, 4.69) is 14.7 Å². The lowest BCUT2D eigenvalue weighted by molar-refractivity contribution is 0.0692. The molecule has 0 aliphatic rings. The summed E-state index contributed by atoms with van der Waals surface area (Å²) in [4.78, 5) is 14.5. The average Bonchev–Trinajstić information content (AvgIpc) is 2.77. The minimum atomic E-state index is -1.52. The molecule has 0 saturated carbocycles. The molecule has 6 nitrogen and oxygen atoms in total. The van der Waals surface area contributed by atoms with Gasteiger partial charge in [0.05, 0.1) is 17.7 Å². The quantitative estimate of drug-likeness (QED) is 0.853. The van der Waals surface area contributed by atoms with Crippen LogP contribution in [0.4, 0.5) is 8.78 Å². The van der Waals surface area contributed by atoms with Gasteiger partial charge in [0.15, 0.2) is 0 Å². The highest BCUT2D eigenvalue weighted by molar-refractivity contribution is 5.89. The molecule has 94 valence electrons. The van der Waals surface area contributed by atoms with Crippen LogP contribution < -0.4 is 5.73 Å². The number of carbonyl (C=O) groups is 1. The SMILES string of the molecule is NCc1nc(-c2cc(C(=O)O)c(F)cc2F)no1. The zero-order valence-electron chi connectivity index (χ0n) is 8.85. The molecule has 2 rings (SSSR count). The fourth-order valence-corrected chi connectivity index (χ4v) is 1.33. The Morgan fingerprint density at radius 3 is 2.67 bits per heavy atom. The standard InChI is InChI=1S/C10H7F2N3O3/c11-6-2-7(12)5(10(16)17)1-4(6)9-14-8(3-13)18-15-9/h1-2H,3,13H2,(H,16,17). The Hall–Kier alpha value is -2.35. The van der Waals surface area contributed by atoms with Gasteiger partial charge in [-0.05, 0) is 6.07 Å². The molecule has 8 heteroatoms. The molecule has 0 amide bonds. The van der Waals surface area contributed by atoms with Gasteiger partial charge in [-0.2, -0.15) is 4.98 Å². The number of nitrogens with two attached hydrogens (primary N) is 1. The highest BCUT2D eigenvalue weighted by Gasteiger charge is 2.19. The van der Waals surface area contributed by atoms with Crippen molar-refractivity contribution < 1.29 is 23.2 Å². The fraction of sp³-hybridized carbons (Fsp3) is 0.100. The van der Waals surface area contributed by atoms with Crippen LogP contribution in [0.25, 0.3) is 11.4 Å². The van der Waals surface area contributed by atoms with Gasteiger partial charge in [-0.1, -0.05) is 5.16 Å². The fourth-order valence-electron chi connectivity index (χ4n) is 1.33. The summed E-state index contributed by atoms with van der Waals surface area (Å²) < 4.78 is 31.3. The van der Waals surface area contributed by atoms with Gasteiger partial charge in [0.1, 0.15) is 11.6 Å². The lowest BCUT2D eigenvalue weighted by atomic mass is 10.1. The zero-order chi connectivity index (χ0) is 13.3. The van der Waals surface area contributed by atoms with Gasteiger partial charge in [-0.15, -0.1) is 0 Å². The normalized spacial score (nSPS) is 10.6. The number of carboxylic acid groups (broad SMARTS) is 1. The van der Waals surface area contributed by atoms with Gasteiger partial charge in [-0.3, -0.25) is 0 Å². The number of benzene rings is 1. The van der Waals surface area contributed by atoms with Gasteiger partial charge in [0.25, 0.3) is 0 Å². The van der Waals surface area contributed by atoms with E-state index in [1.807, 2.05) is 0 Å². The third-order valence-electron chi connectivity index (χ3n) is 2.17. The van der Waals surface area contributed by atoms with Crippen molar-refractivity contribution in [3.05, 3.63) is 35.2 Å². The van der Waals surface area contributed by atoms with Gasteiger partial charge in [0.2, 0.25) is 11.7 Å². The molecule has 1 aromatic carbocycles. The largest absolute Gasteiger partial charge is 0.478 e. The number of hydrogen-bond donors (Lipinski definition) is 2. The van der Waals surface area contributed by atoms with Crippen molar-refractivity contribution in [2.75, 3.05) is 0 Å². The van der Waals surface area contributed by atoms with Gasteiger partial charge >= 0.3 is 5.97 Å². The first kappa shape index (κ1) is 12.1. The molecule has 1 aromatic heterocycles. The molecule has 0 bridgehead atoms. The van der Waals surface area contributed by atoms with E-state index in [1.54, 1.807) is 0 Å². The maximum atomic E-state index is 13.5. The molecule has 0 aliphatic carbocycles. The van der Waals surface area contributed by atoms with Crippen LogP contribution in [0.1, 0.15) is 16.2 Å². The Balaban J connectivity index is 2.56. The van der Waals surface area contributed by atoms with Crippen molar-refractivity contribution in [1.82, 2.24) is 10.1 Å². The van der Waals surface area contributed by atoms with E-state index < -0.39 is 23.2 Å². The van der Waals surface area contributed by atoms with E-state index in [0.29, 0.717) is 6.07 Å². The molecule has 0 spiro atoms. The molecule has 0 fully saturated rings. The Labute approximate surface area is 99.0 Å². The van der Waals surface area contributed by atoms with Crippen LogP contribution in [0.2, 0.25) is 0 Å². The smallest absolute Gasteiger partial charge is 0.338 e. The predicted molar refractivity (Wildman–Crippen MR) is 54.5 cm³/mol. The minimum absolute atomic E-state index is 0.0401. The molecule has 18 heavy (non-hydrogen) atoms. The first-order chi connectivity index (χ1) is 8.52. The number of hydrogen-bond acceptors (Lipinski definition) is 5. The summed E-state index contributed by atoms with van der Waals surface area (Å²) >= 11 is 0. The Bertz CT molecular complexity index is 612. The summed E-state index contributed by atoms with van der Waals surface area (Å²) in [5, 5.41) is 12.2. The monoisotopic (exact) mass is 255 g/mol. The lowest BCUT2D eigenvalue weighted by Crippen LogP contribution is -2.03. The summed E-state index contributed by atoms with van der Waals surface area (Å²) in [6.45, 7) is -0.0401. The topological polar surface area (TPSA) is 102 Å².